The monoisotopic (exact) mass is 366 g/mol. The molecule has 9 heteroatoms. The Kier molecular flexibility index (Phi) is 5.36. The van der Waals surface area contributed by atoms with Crippen molar-refractivity contribution in [1.29, 1.82) is 0 Å². The minimum absolute atomic E-state index is 0.364. The molecule has 0 unspecified atom stereocenters. The van der Waals surface area contributed by atoms with Crippen LogP contribution in [0.3, 0.4) is 0 Å². The van der Waals surface area contributed by atoms with Crippen molar-refractivity contribution in [3.63, 3.8) is 0 Å². The van der Waals surface area contributed by atoms with Gasteiger partial charge >= 0.3 is 0 Å². The number of nitrogens with zero attached hydrogens (tertiary/aromatic N) is 3. The molecule has 1 atom stereocenters. The Morgan fingerprint density at radius 2 is 1.81 bits per heavy atom. The number of hydrogen-bond acceptors (Lipinski definition) is 4. The van der Waals surface area contributed by atoms with E-state index in [1.165, 1.54) is 0 Å². The third kappa shape index (κ3) is 3.77. The summed E-state index contributed by atoms with van der Waals surface area (Å²) in [5.74, 6) is -4.09. The molecule has 1 aliphatic rings. The number of amides is 1. The maximum Gasteiger partial charge on any atom is 0.282 e. The minimum atomic E-state index is -1.60. The fraction of sp³-hybridized carbons (Fsp3) is 0.353. The van der Waals surface area contributed by atoms with Crippen LogP contribution in [0, 0.1) is 17.5 Å². The summed E-state index contributed by atoms with van der Waals surface area (Å²) in [6, 6.07) is 3.07. The molecule has 1 aromatic heterocycles. The van der Waals surface area contributed by atoms with Crippen LogP contribution >= 0.6 is 0 Å². The van der Waals surface area contributed by atoms with Gasteiger partial charge in [-0.25, -0.2) is 23.1 Å². The van der Waals surface area contributed by atoms with Gasteiger partial charge in [0.2, 0.25) is 5.95 Å². The van der Waals surface area contributed by atoms with Gasteiger partial charge in [-0.3, -0.25) is 4.79 Å². The van der Waals surface area contributed by atoms with Crippen LogP contribution < -0.4 is 15.1 Å². The third-order valence-electron chi connectivity index (χ3n) is 4.54. The van der Waals surface area contributed by atoms with E-state index in [0.29, 0.717) is 32.1 Å². The molecule has 26 heavy (non-hydrogen) atoms. The summed E-state index contributed by atoms with van der Waals surface area (Å²) in [4.78, 5) is 23.8. The molecule has 6 nitrogen and oxygen atoms in total. The van der Waals surface area contributed by atoms with Crippen LogP contribution in [0.1, 0.15) is 6.92 Å². The molecule has 138 valence electrons. The predicted molar refractivity (Wildman–Crippen MR) is 89.3 cm³/mol. The molecular formula is C17H19F3N5O+. The van der Waals surface area contributed by atoms with Gasteiger partial charge in [-0.05, 0) is 25.1 Å². The second-order valence-corrected chi connectivity index (χ2v) is 6.13. The van der Waals surface area contributed by atoms with E-state index in [1.54, 1.807) is 25.4 Å². The Morgan fingerprint density at radius 3 is 2.46 bits per heavy atom. The number of halogens is 3. The van der Waals surface area contributed by atoms with Crippen LogP contribution in [0.15, 0.2) is 30.6 Å². The summed E-state index contributed by atoms with van der Waals surface area (Å²) >= 11 is 0. The fourth-order valence-electron chi connectivity index (χ4n) is 2.93. The van der Waals surface area contributed by atoms with Crippen molar-refractivity contribution in [2.45, 2.75) is 13.0 Å². The highest BCUT2D eigenvalue weighted by atomic mass is 19.2. The summed E-state index contributed by atoms with van der Waals surface area (Å²) < 4.78 is 40.0. The highest BCUT2D eigenvalue weighted by Crippen LogP contribution is 2.19. The highest BCUT2D eigenvalue weighted by molar-refractivity contribution is 5.93. The van der Waals surface area contributed by atoms with Crippen molar-refractivity contribution in [2.75, 3.05) is 36.4 Å². The molecule has 0 radical (unpaired) electrons. The largest absolute Gasteiger partial charge is 0.330 e. The zero-order valence-electron chi connectivity index (χ0n) is 14.2. The van der Waals surface area contributed by atoms with E-state index in [0.717, 1.165) is 17.0 Å². The number of quaternary nitrogens is 1. The van der Waals surface area contributed by atoms with Gasteiger partial charge in [0.05, 0.1) is 31.9 Å². The van der Waals surface area contributed by atoms with Gasteiger partial charge in [0.1, 0.15) is 0 Å². The van der Waals surface area contributed by atoms with Crippen molar-refractivity contribution >= 4 is 17.5 Å². The number of benzene rings is 1. The lowest BCUT2D eigenvalue weighted by molar-refractivity contribution is -0.914. The fourth-order valence-corrected chi connectivity index (χ4v) is 2.93. The quantitative estimate of drug-likeness (QED) is 0.779. The Hall–Kier alpha value is -2.68. The molecule has 1 aliphatic heterocycles. The number of carbonyl (C=O) groups is 1. The van der Waals surface area contributed by atoms with E-state index in [4.69, 9.17) is 0 Å². The van der Waals surface area contributed by atoms with Crippen molar-refractivity contribution in [3.8, 4) is 0 Å². The van der Waals surface area contributed by atoms with E-state index in [2.05, 4.69) is 15.3 Å². The lowest BCUT2D eigenvalue weighted by atomic mass is 10.2. The lowest BCUT2D eigenvalue weighted by Crippen LogP contribution is -3.19. The second kappa shape index (κ2) is 7.69. The first-order chi connectivity index (χ1) is 12.5. The zero-order chi connectivity index (χ0) is 18.7. The zero-order valence-corrected chi connectivity index (χ0v) is 14.2. The molecule has 0 aliphatic carbocycles. The predicted octanol–water partition coefficient (Wildman–Crippen LogP) is 0.626. The topological polar surface area (TPSA) is 62.6 Å². The summed E-state index contributed by atoms with van der Waals surface area (Å²) in [5, 5.41) is 2.34. The van der Waals surface area contributed by atoms with Gasteiger partial charge in [-0.1, -0.05) is 0 Å². The Bertz CT molecular complexity index is 781. The average Bonchev–Trinajstić information content (AvgIpc) is 2.68. The summed E-state index contributed by atoms with van der Waals surface area (Å²) in [7, 11) is 0. The molecule has 2 aromatic rings. The molecule has 1 fully saturated rings. The summed E-state index contributed by atoms with van der Waals surface area (Å²) in [6.45, 7) is 4.42. The van der Waals surface area contributed by atoms with Crippen LogP contribution in [-0.4, -0.2) is 48.1 Å². The Labute approximate surface area is 148 Å². The van der Waals surface area contributed by atoms with E-state index in [-0.39, 0.29) is 5.69 Å². The number of hydrogen-bond donors (Lipinski definition) is 2. The summed E-state index contributed by atoms with van der Waals surface area (Å²) in [5.41, 5.74) is -0.364. The average molecular weight is 366 g/mol. The van der Waals surface area contributed by atoms with Crippen LogP contribution in [0.4, 0.5) is 24.8 Å². The van der Waals surface area contributed by atoms with Crippen LogP contribution in [0.25, 0.3) is 0 Å². The first-order valence-corrected chi connectivity index (χ1v) is 8.28. The van der Waals surface area contributed by atoms with Gasteiger partial charge < -0.3 is 15.1 Å². The maximum absolute atomic E-state index is 13.7. The SMILES string of the molecule is C[C@@H](C(=O)Nc1ccc(F)c(F)c1F)[NH+]1CCN(c2ncccn2)CC1. The molecule has 3 rings (SSSR count). The molecule has 1 amide bonds. The number of aromatic nitrogens is 2. The van der Waals surface area contributed by atoms with E-state index < -0.39 is 29.4 Å². The number of nitrogens with one attached hydrogen (secondary N) is 2. The van der Waals surface area contributed by atoms with Crippen molar-refractivity contribution in [3.05, 3.63) is 48.0 Å². The molecule has 0 bridgehead atoms. The third-order valence-corrected chi connectivity index (χ3v) is 4.54. The molecule has 2 heterocycles. The summed E-state index contributed by atoms with van der Waals surface area (Å²) in [6.07, 6.45) is 3.35. The minimum Gasteiger partial charge on any atom is -0.330 e. The van der Waals surface area contributed by atoms with Crippen LogP contribution in [-0.2, 0) is 4.79 Å². The van der Waals surface area contributed by atoms with Gasteiger partial charge in [0.15, 0.2) is 23.5 Å². The standard InChI is InChI=1S/C17H18F3N5O/c1-11(16(26)23-13-4-3-12(18)14(19)15(13)20)24-7-9-25(10-8-24)17-21-5-2-6-22-17/h2-6,11H,7-10H2,1H3,(H,23,26)/p+1/t11-/m0/s1. The normalized spacial score (nSPS) is 16.4. The van der Waals surface area contributed by atoms with Crippen molar-refractivity contribution in [1.82, 2.24) is 9.97 Å². The molecule has 1 aromatic carbocycles. The lowest BCUT2D eigenvalue weighted by Gasteiger charge is -2.34. The van der Waals surface area contributed by atoms with Crippen LogP contribution in [0.2, 0.25) is 0 Å². The highest BCUT2D eigenvalue weighted by Gasteiger charge is 2.30. The first kappa shape index (κ1) is 18.1. The second-order valence-electron chi connectivity index (χ2n) is 6.13. The molecular weight excluding hydrogens is 347 g/mol. The molecule has 0 saturated carbocycles. The van der Waals surface area contributed by atoms with Gasteiger partial charge in [0.25, 0.3) is 5.91 Å². The van der Waals surface area contributed by atoms with Gasteiger partial charge in [0, 0.05) is 12.4 Å². The van der Waals surface area contributed by atoms with Crippen LogP contribution in [0.5, 0.6) is 0 Å². The van der Waals surface area contributed by atoms with Crippen molar-refractivity contribution in [2.24, 2.45) is 0 Å². The number of piperazine rings is 1. The Balaban J connectivity index is 1.59. The number of carbonyl (C=O) groups excluding carboxylic acids is 1. The maximum atomic E-state index is 13.7. The van der Waals surface area contributed by atoms with E-state index in [1.807, 2.05) is 4.90 Å². The molecule has 1 saturated heterocycles. The smallest absolute Gasteiger partial charge is 0.282 e. The molecule has 2 N–H and O–H groups in total. The van der Waals surface area contributed by atoms with Gasteiger partial charge in [-0.15, -0.1) is 0 Å². The van der Waals surface area contributed by atoms with E-state index >= 15 is 0 Å². The number of rotatable bonds is 4. The molecule has 0 spiro atoms. The number of anilines is 2. The Morgan fingerprint density at radius 1 is 1.15 bits per heavy atom. The first-order valence-electron chi connectivity index (χ1n) is 8.28. The van der Waals surface area contributed by atoms with Crippen molar-refractivity contribution < 1.29 is 22.9 Å². The van der Waals surface area contributed by atoms with Gasteiger partial charge in [-0.2, -0.15) is 0 Å². The van der Waals surface area contributed by atoms with E-state index in [9.17, 15) is 18.0 Å².